The molecule has 5 nitrogen and oxygen atoms in total. The molecule has 1 amide bonds. The van der Waals surface area contributed by atoms with Crippen LogP contribution in [0.25, 0.3) is 11.5 Å². The molecule has 0 aliphatic rings. The molecule has 0 aliphatic carbocycles. The van der Waals surface area contributed by atoms with E-state index >= 15 is 0 Å². The first-order chi connectivity index (χ1) is 13.9. The Balaban J connectivity index is 1.67. The molecule has 6 heteroatoms. The number of aromatic nitrogens is 1. The van der Waals surface area contributed by atoms with Crippen LogP contribution in [0.1, 0.15) is 42.1 Å². The van der Waals surface area contributed by atoms with Crippen LogP contribution in [-0.4, -0.2) is 21.6 Å². The fraction of sp³-hybridized carbons (Fsp3) is 0.304. The molecule has 1 heterocycles. The quantitative estimate of drug-likeness (QED) is 0.582. The molecule has 0 radical (unpaired) electrons. The Bertz CT molecular complexity index is 979. The third-order valence-electron chi connectivity index (χ3n) is 4.57. The van der Waals surface area contributed by atoms with E-state index in [9.17, 15) is 9.00 Å². The molecule has 0 unspecified atom stereocenters. The topological polar surface area (TPSA) is 72.2 Å². The van der Waals surface area contributed by atoms with Gasteiger partial charge in [0.05, 0.1) is 22.2 Å². The van der Waals surface area contributed by atoms with E-state index in [1.54, 1.807) is 12.1 Å². The molecule has 3 rings (SSSR count). The summed E-state index contributed by atoms with van der Waals surface area (Å²) in [4.78, 5) is 17.5. The zero-order valence-electron chi connectivity index (χ0n) is 17.0. The molecule has 1 aromatic heterocycles. The normalized spacial score (nSPS) is 12.1. The fourth-order valence-corrected chi connectivity index (χ4v) is 3.95. The molecule has 152 valence electrons. The van der Waals surface area contributed by atoms with Gasteiger partial charge in [0, 0.05) is 22.6 Å². The maximum Gasteiger partial charge on any atom is 0.251 e. The van der Waals surface area contributed by atoms with E-state index in [1.165, 1.54) is 0 Å². The van der Waals surface area contributed by atoms with Crippen molar-refractivity contribution < 1.29 is 13.4 Å². The molecule has 1 N–H and O–H groups in total. The smallest absolute Gasteiger partial charge is 0.251 e. The molecule has 3 aromatic rings. The Morgan fingerprint density at radius 2 is 1.79 bits per heavy atom. The number of hydrogen-bond donors (Lipinski definition) is 1. The maximum absolute atomic E-state index is 12.5. The van der Waals surface area contributed by atoms with Crippen molar-refractivity contribution >= 4 is 16.7 Å². The monoisotopic (exact) mass is 410 g/mol. The second-order valence-corrected chi connectivity index (χ2v) is 8.79. The SMILES string of the molecule is Cc1oc(-c2ccc(C(=O)NCCC(C)C)cc2)nc1C[S@@](=O)c1ccccc1. The van der Waals surface area contributed by atoms with Gasteiger partial charge in [-0.25, -0.2) is 4.98 Å². The first-order valence-corrected chi connectivity index (χ1v) is 11.0. The minimum Gasteiger partial charge on any atom is -0.441 e. The predicted octanol–water partition coefficient (Wildman–Crippen LogP) is 4.73. The number of carbonyl (C=O) groups is 1. The van der Waals surface area contributed by atoms with Gasteiger partial charge in [0.15, 0.2) is 0 Å². The van der Waals surface area contributed by atoms with E-state index in [4.69, 9.17) is 4.42 Å². The lowest BCUT2D eigenvalue weighted by molar-refractivity contribution is 0.0952. The molecule has 0 bridgehead atoms. The number of nitrogens with one attached hydrogen (secondary N) is 1. The summed E-state index contributed by atoms with van der Waals surface area (Å²) >= 11 is 0. The minimum absolute atomic E-state index is 0.0836. The van der Waals surface area contributed by atoms with Gasteiger partial charge < -0.3 is 9.73 Å². The van der Waals surface area contributed by atoms with Gasteiger partial charge in [0.2, 0.25) is 5.89 Å². The third kappa shape index (κ3) is 5.64. The van der Waals surface area contributed by atoms with Crippen LogP contribution in [0, 0.1) is 12.8 Å². The highest BCUT2D eigenvalue weighted by molar-refractivity contribution is 7.84. The number of nitrogens with zero attached hydrogens (tertiary/aromatic N) is 1. The van der Waals surface area contributed by atoms with Crippen LogP contribution in [0.4, 0.5) is 0 Å². The second kappa shape index (κ2) is 9.65. The van der Waals surface area contributed by atoms with Gasteiger partial charge in [0.1, 0.15) is 5.76 Å². The summed E-state index contributed by atoms with van der Waals surface area (Å²) in [6, 6.07) is 16.5. The summed E-state index contributed by atoms with van der Waals surface area (Å²) in [6.07, 6.45) is 0.951. The fourth-order valence-electron chi connectivity index (χ4n) is 2.81. The van der Waals surface area contributed by atoms with E-state index in [2.05, 4.69) is 24.1 Å². The number of carbonyl (C=O) groups excluding carboxylic acids is 1. The highest BCUT2D eigenvalue weighted by Crippen LogP contribution is 2.24. The van der Waals surface area contributed by atoms with E-state index in [0.717, 1.165) is 16.9 Å². The number of rotatable bonds is 8. The first-order valence-electron chi connectivity index (χ1n) is 9.72. The lowest BCUT2D eigenvalue weighted by Crippen LogP contribution is -2.25. The molecule has 0 saturated carbocycles. The van der Waals surface area contributed by atoms with Crippen LogP contribution >= 0.6 is 0 Å². The molecule has 29 heavy (non-hydrogen) atoms. The van der Waals surface area contributed by atoms with Crippen molar-refractivity contribution in [2.45, 2.75) is 37.8 Å². The average molecular weight is 411 g/mol. The van der Waals surface area contributed by atoms with Gasteiger partial charge in [-0.3, -0.25) is 9.00 Å². The second-order valence-electron chi connectivity index (χ2n) is 7.34. The van der Waals surface area contributed by atoms with Crippen molar-refractivity contribution in [2.75, 3.05) is 6.54 Å². The van der Waals surface area contributed by atoms with Gasteiger partial charge in [-0.15, -0.1) is 0 Å². The van der Waals surface area contributed by atoms with Gasteiger partial charge in [0.25, 0.3) is 5.91 Å². The average Bonchev–Trinajstić information content (AvgIpc) is 3.08. The lowest BCUT2D eigenvalue weighted by Gasteiger charge is -2.07. The summed E-state index contributed by atoms with van der Waals surface area (Å²) in [7, 11) is -1.18. The van der Waals surface area contributed by atoms with Crippen LogP contribution in [0.15, 0.2) is 63.9 Å². The summed E-state index contributed by atoms with van der Waals surface area (Å²) in [6.45, 7) is 6.75. The summed E-state index contributed by atoms with van der Waals surface area (Å²) in [5.41, 5.74) is 2.06. The zero-order chi connectivity index (χ0) is 20.8. The Labute approximate surface area is 174 Å². The van der Waals surface area contributed by atoms with Crippen LogP contribution < -0.4 is 5.32 Å². The van der Waals surface area contributed by atoms with Crippen LogP contribution in [0.5, 0.6) is 0 Å². The number of amides is 1. The standard InChI is InChI=1S/C23H26N2O3S/c1-16(2)13-14-24-22(26)18-9-11-19(12-10-18)23-25-21(17(3)28-23)15-29(27)20-7-5-4-6-8-20/h4-12,16H,13-15H2,1-3H3,(H,24,26)/t29-/m1/s1. The third-order valence-corrected chi connectivity index (χ3v) is 5.90. The van der Waals surface area contributed by atoms with Crippen LogP contribution in [0.3, 0.4) is 0 Å². The van der Waals surface area contributed by atoms with Crippen molar-refractivity contribution in [1.82, 2.24) is 10.3 Å². The molecule has 1 atom stereocenters. The summed E-state index contributed by atoms with van der Waals surface area (Å²) in [5.74, 6) is 1.89. The number of aryl methyl sites for hydroxylation is 1. The molecular weight excluding hydrogens is 384 g/mol. The number of hydrogen-bond acceptors (Lipinski definition) is 4. The summed E-state index contributed by atoms with van der Waals surface area (Å²) < 4.78 is 18.3. The van der Waals surface area contributed by atoms with Gasteiger partial charge in [-0.05, 0) is 55.7 Å². The predicted molar refractivity (Wildman–Crippen MR) is 115 cm³/mol. The number of benzene rings is 2. The van der Waals surface area contributed by atoms with Crippen molar-refractivity contribution in [3.05, 3.63) is 71.6 Å². The Hall–Kier alpha value is -2.73. The summed E-state index contributed by atoms with van der Waals surface area (Å²) in [5, 5.41) is 2.93. The molecule has 2 aromatic carbocycles. The lowest BCUT2D eigenvalue weighted by atomic mass is 10.1. The van der Waals surface area contributed by atoms with Gasteiger partial charge in [-0.1, -0.05) is 32.0 Å². The van der Waals surface area contributed by atoms with E-state index in [1.807, 2.05) is 49.4 Å². The van der Waals surface area contributed by atoms with E-state index in [-0.39, 0.29) is 5.91 Å². The Kier molecular flexibility index (Phi) is 6.99. The minimum atomic E-state index is -1.18. The van der Waals surface area contributed by atoms with Crippen molar-refractivity contribution in [3.63, 3.8) is 0 Å². The first kappa shape index (κ1) is 21.0. The Morgan fingerprint density at radius 1 is 1.10 bits per heavy atom. The maximum atomic E-state index is 12.5. The van der Waals surface area contributed by atoms with Crippen LogP contribution in [-0.2, 0) is 16.6 Å². The van der Waals surface area contributed by atoms with Crippen molar-refractivity contribution in [3.8, 4) is 11.5 Å². The molecule has 0 saturated heterocycles. The number of oxazole rings is 1. The highest BCUT2D eigenvalue weighted by Gasteiger charge is 2.15. The molecule has 0 aliphatic heterocycles. The van der Waals surface area contributed by atoms with E-state index < -0.39 is 10.8 Å². The largest absolute Gasteiger partial charge is 0.441 e. The van der Waals surface area contributed by atoms with Crippen molar-refractivity contribution in [2.24, 2.45) is 5.92 Å². The Morgan fingerprint density at radius 3 is 2.45 bits per heavy atom. The molecule has 0 fully saturated rings. The van der Waals surface area contributed by atoms with Gasteiger partial charge >= 0.3 is 0 Å². The molecule has 0 spiro atoms. The van der Waals surface area contributed by atoms with Crippen molar-refractivity contribution in [1.29, 1.82) is 0 Å². The van der Waals surface area contributed by atoms with Crippen LogP contribution in [0.2, 0.25) is 0 Å². The zero-order valence-corrected chi connectivity index (χ0v) is 17.8. The van der Waals surface area contributed by atoms with Gasteiger partial charge in [-0.2, -0.15) is 0 Å². The highest BCUT2D eigenvalue weighted by atomic mass is 32.2. The van der Waals surface area contributed by atoms with E-state index in [0.29, 0.717) is 41.1 Å². The molecular formula is C23H26N2O3S.